The molecule has 76 valence electrons. The molecule has 14 heavy (non-hydrogen) atoms. The molecule has 0 bridgehead atoms. The molecule has 0 aliphatic rings. The van der Waals surface area contributed by atoms with Crippen LogP contribution in [0.15, 0.2) is 18.2 Å². The van der Waals surface area contributed by atoms with Gasteiger partial charge in [-0.25, -0.2) is 0 Å². The van der Waals surface area contributed by atoms with Crippen molar-refractivity contribution in [2.45, 2.75) is 20.0 Å². The zero-order valence-corrected chi connectivity index (χ0v) is 9.67. The molecular formula is C11H13BrO2. The summed E-state index contributed by atoms with van der Waals surface area (Å²) in [6, 6.07) is 5.40. The van der Waals surface area contributed by atoms with E-state index in [0.29, 0.717) is 11.8 Å². The smallest absolute Gasteiger partial charge is 0.163 e. The van der Waals surface area contributed by atoms with Gasteiger partial charge in [0, 0.05) is 17.3 Å². The van der Waals surface area contributed by atoms with E-state index in [-0.39, 0.29) is 12.4 Å². The highest BCUT2D eigenvalue weighted by atomic mass is 79.9. The van der Waals surface area contributed by atoms with Crippen molar-refractivity contribution in [1.29, 1.82) is 0 Å². The maximum atomic E-state index is 11.5. The molecule has 0 saturated heterocycles. The first kappa shape index (κ1) is 11.4. The van der Waals surface area contributed by atoms with Gasteiger partial charge in [0.2, 0.25) is 0 Å². The summed E-state index contributed by atoms with van der Waals surface area (Å²) < 4.78 is 0. The van der Waals surface area contributed by atoms with Gasteiger partial charge in [-0.3, -0.25) is 4.79 Å². The number of benzene rings is 1. The van der Waals surface area contributed by atoms with E-state index in [0.717, 1.165) is 16.7 Å². The maximum absolute atomic E-state index is 11.5. The minimum atomic E-state index is 0.0265. The summed E-state index contributed by atoms with van der Waals surface area (Å²) in [7, 11) is 0. The Hall–Kier alpha value is -0.670. The number of alkyl halides is 1. The van der Waals surface area contributed by atoms with Crippen LogP contribution in [0.3, 0.4) is 0 Å². The average molecular weight is 257 g/mol. The Morgan fingerprint density at radius 1 is 1.50 bits per heavy atom. The Bertz CT molecular complexity index is 334. The van der Waals surface area contributed by atoms with E-state index in [9.17, 15) is 4.79 Å². The van der Waals surface area contributed by atoms with Gasteiger partial charge in [-0.15, -0.1) is 0 Å². The normalized spacial score (nSPS) is 10.2. The van der Waals surface area contributed by atoms with Crippen molar-refractivity contribution < 1.29 is 9.90 Å². The Morgan fingerprint density at radius 3 is 2.71 bits per heavy atom. The monoisotopic (exact) mass is 256 g/mol. The first-order valence-corrected chi connectivity index (χ1v) is 5.60. The Balaban J connectivity index is 2.91. The molecule has 3 heteroatoms. The van der Waals surface area contributed by atoms with Crippen LogP contribution >= 0.6 is 15.9 Å². The van der Waals surface area contributed by atoms with Gasteiger partial charge in [-0.2, -0.15) is 0 Å². The van der Waals surface area contributed by atoms with Gasteiger partial charge in [0.05, 0.1) is 6.61 Å². The van der Waals surface area contributed by atoms with Gasteiger partial charge in [0.1, 0.15) is 0 Å². The van der Waals surface area contributed by atoms with Crippen LogP contribution in [0, 0.1) is 6.92 Å². The molecule has 0 aliphatic carbocycles. The standard InChI is InChI=1S/C11H13BrO2/c1-8-6-9(11(14)4-5-12)2-3-10(8)7-13/h2-3,6,13H,4-5,7H2,1H3. The number of aryl methyl sites for hydroxylation is 1. The summed E-state index contributed by atoms with van der Waals surface area (Å²) in [6.07, 6.45) is 0.512. The lowest BCUT2D eigenvalue weighted by molar-refractivity contribution is 0.0989. The number of carbonyl (C=O) groups excluding carboxylic acids is 1. The van der Waals surface area contributed by atoms with E-state index >= 15 is 0 Å². The van der Waals surface area contributed by atoms with E-state index in [1.54, 1.807) is 12.1 Å². The molecule has 1 aromatic rings. The highest BCUT2D eigenvalue weighted by molar-refractivity contribution is 9.09. The van der Waals surface area contributed by atoms with Crippen molar-refractivity contribution in [2.75, 3.05) is 5.33 Å². The molecule has 1 N–H and O–H groups in total. The van der Waals surface area contributed by atoms with Crippen molar-refractivity contribution in [1.82, 2.24) is 0 Å². The third-order valence-electron chi connectivity index (χ3n) is 2.16. The average Bonchev–Trinajstić information content (AvgIpc) is 2.18. The predicted octanol–water partition coefficient (Wildman–Crippen LogP) is 2.46. The fourth-order valence-corrected chi connectivity index (χ4v) is 1.64. The molecule has 0 fully saturated rings. The molecular weight excluding hydrogens is 244 g/mol. The number of aliphatic hydroxyl groups excluding tert-OH is 1. The van der Waals surface area contributed by atoms with Crippen LogP contribution in [0.1, 0.15) is 27.9 Å². The molecule has 1 aromatic carbocycles. The summed E-state index contributed by atoms with van der Waals surface area (Å²) >= 11 is 3.23. The third kappa shape index (κ3) is 2.66. The molecule has 0 aromatic heterocycles. The Morgan fingerprint density at radius 2 is 2.21 bits per heavy atom. The molecule has 0 heterocycles. The van der Waals surface area contributed by atoms with Gasteiger partial charge in [0.25, 0.3) is 0 Å². The quantitative estimate of drug-likeness (QED) is 0.664. The summed E-state index contributed by atoms with van der Waals surface area (Å²) in [5, 5.41) is 9.65. The van der Waals surface area contributed by atoms with Crippen molar-refractivity contribution >= 4 is 21.7 Å². The second-order valence-corrected chi connectivity index (χ2v) is 3.95. The number of rotatable bonds is 4. The van der Waals surface area contributed by atoms with Crippen LogP contribution in [0.25, 0.3) is 0 Å². The topological polar surface area (TPSA) is 37.3 Å². The second-order valence-electron chi connectivity index (χ2n) is 3.16. The zero-order chi connectivity index (χ0) is 10.6. The fraction of sp³-hybridized carbons (Fsp3) is 0.364. The molecule has 0 amide bonds. The number of halogens is 1. The number of aliphatic hydroxyl groups is 1. The highest BCUT2D eigenvalue weighted by Gasteiger charge is 2.06. The van der Waals surface area contributed by atoms with Gasteiger partial charge >= 0.3 is 0 Å². The Kier molecular flexibility index (Phi) is 4.29. The van der Waals surface area contributed by atoms with E-state index in [1.165, 1.54) is 0 Å². The van der Waals surface area contributed by atoms with Crippen LogP contribution in [-0.4, -0.2) is 16.2 Å². The minimum absolute atomic E-state index is 0.0265. The van der Waals surface area contributed by atoms with Crippen molar-refractivity contribution in [3.8, 4) is 0 Å². The van der Waals surface area contributed by atoms with Crippen LogP contribution in [0.2, 0.25) is 0 Å². The number of carbonyl (C=O) groups is 1. The van der Waals surface area contributed by atoms with Crippen molar-refractivity contribution in [3.63, 3.8) is 0 Å². The molecule has 1 rings (SSSR count). The van der Waals surface area contributed by atoms with Crippen molar-refractivity contribution in [3.05, 3.63) is 34.9 Å². The van der Waals surface area contributed by atoms with Gasteiger partial charge in [-0.05, 0) is 24.1 Å². The SMILES string of the molecule is Cc1cc(C(=O)CCBr)ccc1CO. The number of ketones is 1. The van der Waals surface area contributed by atoms with Gasteiger partial charge in [0.15, 0.2) is 5.78 Å². The predicted molar refractivity (Wildman–Crippen MR) is 59.8 cm³/mol. The minimum Gasteiger partial charge on any atom is -0.392 e. The lowest BCUT2D eigenvalue weighted by Gasteiger charge is -2.04. The van der Waals surface area contributed by atoms with Gasteiger partial charge in [-0.1, -0.05) is 28.1 Å². The van der Waals surface area contributed by atoms with Crippen LogP contribution in [0.4, 0.5) is 0 Å². The maximum Gasteiger partial charge on any atom is 0.163 e. The fourth-order valence-electron chi connectivity index (χ4n) is 1.28. The second kappa shape index (κ2) is 5.27. The first-order valence-electron chi connectivity index (χ1n) is 4.48. The molecule has 2 nitrogen and oxygen atoms in total. The lowest BCUT2D eigenvalue weighted by Crippen LogP contribution is -2.01. The van der Waals surface area contributed by atoms with E-state index in [2.05, 4.69) is 15.9 Å². The lowest BCUT2D eigenvalue weighted by atomic mass is 10.0. The summed E-state index contributed by atoms with van der Waals surface area (Å²) in [5.74, 6) is 0.134. The largest absolute Gasteiger partial charge is 0.392 e. The molecule has 0 saturated carbocycles. The van der Waals surface area contributed by atoms with Crippen LogP contribution in [-0.2, 0) is 6.61 Å². The van der Waals surface area contributed by atoms with E-state index in [1.807, 2.05) is 13.0 Å². The molecule has 0 spiro atoms. The summed E-state index contributed by atoms with van der Waals surface area (Å²) in [6.45, 7) is 1.93. The molecule has 0 atom stereocenters. The van der Waals surface area contributed by atoms with Crippen LogP contribution in [0.5, 0.6) is 0 Å². The summed E-state index contributed by atoms with van der Waals surface area (Å²) in [4.78, 5) is 11.5. The number of Topliss-reactive ketones (excluding diaryl/α,β-unsaturated/α-hetero) is 1. The van der Waals surface area contributed by atoms with Crippen LogP contribution < -0.4 is 0 Å². The van der Waals surface area contributed by atoms with E-state index in [4.69, 9.17) is 5.11 Å². The Labute approximate surface area is 92.1 Å². The molecule has 0 unspecified atom stereocenters. The number of hydrogen-bond acceptors (Lipinski definition) is 2. The first-order chi connectivity index (χ1) is 6.69. The summed E-state index contributed by atoms with van der Waals surface area (Å²) in [5.41, 5.74) is 2.56. The third-order valence-corrected chi connectivity index (χ3v) is 2.55. The molecule has 0 aliphatic heterocycles. The highest BCUT2D eigenvalue weighted by Crippen LogP contribution is 2.13. The number of hydrogen-bond donors (Lipinski definition) is 1. The van der Waals surface area contributed by atoms with Gasteiger partial charge < -0.3 is 5.11 Å². The molecule has 0 radical (unpaired) electrons. The zero-order valence-electron chi connectivity index (χ0n) is 8.09. The van der Waals surface area contributed by atoms with E-state index < -0.39 is 0 Å². The van der Waals surface area contributed by atoms with Crippen molar-refractivity contribution in [2.24, 2.45) is 0 Å².